The monoisotopic (exact) mass is 646 g/mol. The van der Waals surface area contributed by atoms with Crippen molar-refractivity contribution in [2.45, 2.75) is 12.1 Å². The summed E-state index contributed by atoms with van der Waals surface area (Å²) in [5.41, 5.74) is 2.30. The van der Waals surface area contributed by atoms with Crippen molar-refractivity contribution in [3.63, 3.8) is 0 Å². The fourth-order valence-corrected chi connectivity index (χ4v) is 5.74. The van der Waals surface area contributed by atoms with Crippen LogP contribution in [0.15, 0.2) is 103 Å². The van der Waals surface area contributed by atoms with Gasteiger partial charge in [0.25, 0.3) is 5.91 Å². The summed E-state index contributed by atoms with van der Waals surface area (Å²) < 4.78 is 12.0. The number of hydrogen-bond donors (Lipinski definition) is 0. The van der Waals surface area contributed by atoms with Crippen molar-refractivity contribution in [3.8, 4) is 11.5 Å². The highest BCUT2D eigenvalue weighted by Gasteiger charge is 2.60. The summed E-state index contributed by atoms with van der Waals surface area (Å²) in [6.45, 7) is 0. The van der Waals surface area contributed by atoms with E-state index in [1.165, 1.54) is 12.0 Å². The Hall–Kier alpha value is -4.22. The topological polar surface area (TPSA) is 85.4 Å². The van der Waals surface area contributed by atoms with Gasteiger partial charge >= 0.3 is 5.97 Å². The van der Waals surface area contributed by atoms with Crippen molar-refractivity contribution < 1.29 is 28.7 Å². The Morgan fingerprint density at radius 1 is 0.825 bits per heavy atom. The van der Waals surface area contributed by atoms with Crippen LogP contribution in [0.4, 0.5) is 11.4 Å². The highest BCUT2D eigenvalue weighted by molar-refractivity contribution is 14.1. The van der Waals surface area contributed by atoms with E-state index in [2.05, 4.69) is 22.6 Å². The second-order valence-electron chi connectivity index (χ2n) is 9.29. The largest absolute Gasteiger partial charge is 0.493 e. The maximum Gasteiger partial charge on any atom is 0.343 e. The average molecular weight is 646 g/mol. The Balaban J connectivity index is 1.39. The van der Waals surface area contributed by atoms with E-state index in [9.17, 15) is 14.4 Å². The normalized spacial score (nSPS) is 20.0. The van der Waals surface area contributed by atoms with Crippen LogP contribution in [-0.4, -0.2) is 31.0 Å². The van der Waals surface area contributed by atoms with Gasteiger partial charge in [0.15, 0.2) is 17.6 Å². The summed E-state index contributed by atoms with van der Waals surface area (Å²) in [6.07, 6.45) is -1.00. The highest BCUT2D eigenvalue weighted by atomic mass is 127. The quantitative estimate of drug-likeness (QED) is 0.117. The summed E-state index contributed by atoms with van der Waals surface area (Å²) in [7, 11) is 1.48. The van der Waals surface area contributed by atoms with E-state index >= 15 is 0 Å². The number of fused-ring (bicyclic) bond motifs is 1. The number of ether oxygens (including phenoxy) is 2. The van der Waals surface area contributed by atoms with Crippen LogP contribution in [0.1, 0.15) is 22.0 Å². The van der Waals surface area contributed by atoms with Crippen LogP contribution in [0.3, 0.4) is 0 Å². The van der Waals surface area contributed by atoms with Gasteiger partial charge in [0.1, 0.15) is 5.92 Å². The molecule has 4 aromatic rings. The first kappa shape index (κ1) is 26.0. The third kappa shape index (κ3) is 4.50. The van der Waals surface area contributed by atoms with Gasteiger partial charge < -0.3 is 9.47 Å². The molecule has 0 radical (unpaired) electrons. The van der Waals surface area contributed by atoms with Crippen molar-refractivity contribution in [2.24, 2.45) is 5.92 Å². The predicted octanol–water partition coefficient (Wildman–Crippen LogP) is 5.57. The lowest BCUT2D eigenvalue weighted by Gasteiger charge is -2.29. The molecule has 0 aliphatic carbocycles. The summed E-state index contributed by atoms with van der Waals surface area (Å²) in [5.74, 6) is -1.55. The number of rotatable bonds is 6. The predicted molar refractivity (Wildman–Crippen MR) is 156 cm³/mol. The van der Waals surface area contributed by atoms with Crippen LogP contribution in [0, 0.1) is 9.49 Å². The number of carbonyl (C=O) groups is 3. The van der Waals surface area contributed by atoms with Crippen molar-refractivity contribution in [3.05, 3.63) is 118 Å². The summed E-state index contributed by atoms with van der Waals surface area (Å²) in [5, 5.41) is 1.61. The van der Waals surface area contributed by atoms with Gasteiger partial charge in [0, 0.05) is 3.57 Å². The van der Waals surface area contributed by atoms with Crippen molar-refractivity contribution in [1.82, 2.24) is 0 Å². The molecule has 2 heterocycles. The van der Waals surface area contributed by atoms with Crippen molar-refractivity contribution in [1.29, 1.82) is 0 Å². The molecule has 2 aliphatic rings. The lowest BCUT2D eigenvalue weighted by molar-refractivity contribution is -0.126. The van der Waals surface area contributed by atoms with Crippen molar-refractivity contribution in [2.75, 3.05) is 17.1 Å². The Labute approximate surface area is 244 Å². The molecule has 40 heavy (non-hydrogen) atoms. The van der Waals surface area contributed by atoms with Crippen molar-refractivity contribution >= 4 is 51.7 Å². The van der Waals surface area contributed by atoms with Gasteiger partial charge in [-0.2, -0.15) is 0 Å². The van der Waals surface area contributed by atoms with Gasteiger partial charge in [-0.3, -0.25) is 14.4 Å². The number of esters is 1. The standard InChI is InChI=1S/C31H23IN2O6/c1-38-25-18-20(16-17-24(25)39-31(37)19-10-4-2-5-11-19)27-26-28(40-34(27)21-12-6-3-7-13-21)30(36)33(29(26)35)23-15-9-8-14-22(23)32/h2-18,26-28H,1H3. The molecule has 0 saturated carbocycles. The number of halogens is 1. The molecular formula is C31H23IN2O6. The van der Waals surface area contributed by atoms with Crippen LogP contribution in [0.2, 0.25) is 0 Å². The lowest BCUT2D eigenvalue weighted by atomic mass is 9.90. The van der Waals surface area contributed by atoms with E-state index in [1.54, 1.807) is 59.7 Å². The van der Waals surface area contributed by atoms with E-state index < -0.39 is 29.9 Å². The molecule has 2 saturated heterocycles. The maximum atomic E-state index is 13.9. The fraction of sp³-hybridized carbons (Fsp3) is 0.129. The zero-order valence-electron chi connectivity index (χ0n) is 21.3. The molecular weight excluding hydrogens is 623 g/mol. The summed E-state index contributed by atoms with van der Waals surface area (Å²) in [4.78, 5) is 47.7. The molecule has 200 valence electrons. The van der Waals surface area contributed by atoms with Gasteiger partial charge in [-0.25, -0.2) is 14.8 Å². The molecule has 2 fully saturated rings. The van der Waals surface area contributed by atoms with Gasteiger partial charge in [-0.15, -0.1) is 0 Å². The molecule has 0 spiro atoms. The minimum atomic E-state index is -1.00. The van der Waals surface area contributed by atoms with E-state index in [4.69, 9.17) is 14.3 Å². The number of anilines is 2. The minimum Gasteiger partial charge on any atom is -0.493 e. The van der Waals surface area contributed by atoms with Gasteiger partial charge in [-0.05, 0) is 76.7 Å². The van der Waals surface area contributed by atoms with Crippen LogP contribution in [0.5, 0.6) is 11.5 Å². The SMILES string of the molecule is COc1cc(C2C3C(=O)N(c4ccccc4I)C(=O)C3ON2c2ccccc2)ccc1OC(=O)c1ccccc1. The molecule has 0 bridgehead atoms. The third-order valence-electron chi connectivity index (χ3n) is 6.96. The molecule has 3 atom stereocenters. The Bertz CT molecular complexity index is 1600. The Morgan fingerprint density at radius 3 is 2.20 bits per heavy atom. The number of methoxy groups -OCH3 is 1. The zero-order chi connectivity index (χ0) is 27.8. The number of hydroxylamine groups is 1. The number of nitrogens with zero attached hydrogens (tertiary/aromatic N) is 2. The second-order valence-corrected chi connectivity index (χ2v) is 10.4. The maximum absolute atomic E-state index is 13.9. The molecule has 2 aliphatic heterocycles. The molecule has 0 N–H and O–H groups in total. The first-order chi connectivity index (χ1) is 19.5. The molecule has 4 aromatic carbocycles. The van der Waals surface area contributed by atoms with E-state index in [1.807, 2.05) is 48.5 Å². The lowest BCUT2D eigenvalue weighted by Crippen LogP contribution is -2.37. The van der Waals surface area contributed by atoms with Crippen LogP contribution in [-0.2, 0) is 14.4 Å². The van der Waals surface area contributed by atoms with Crippen LogP contribution < -0.4 is 19.4 Å². The molecule has 0 aromatic heterocycles. The Kier molecular flexibility index (Phi) is 6.99. The minimum absolute atomic E-state index is 0.233. The zero-order valence-corrected chi connectivity index (χ0v) is 23.4. The molecule has 6 rings (SSSR count). The first-order valence-electron chi connectivity index (χ1n) is 12.6. The number of para-hydroxylation sites is 2. The average Bonchev–Trinajstić information content (AvgIpc) is 3.50. The fourth-order valence-electron chi connectivity index (χ4n) is 5.11. The highest BCUT2D eigenvalue weighted by Crippen LogP contribution is 2.49. The summed E-state index contributed by atoms with van der Waals surface area (Å²) >= 11 is 2.12. The number of imide groups is 1. The van der Waals surface area contributed by atoms with E-state index in [0.717, 1.165) is 3.57 Å². The molecule has 3 unspecified atom stereocenters. The van der Waals surface area contributed by atoms with Gasteiger partial charge in [0.05, 0.1) is 30.1 Å². The van der Waals surface area contributed by atoms with E-state index in [0.29, 0.717) is 28.3 Å². The van der Waals surface area contributed by atoms with Gasteiger partial charge in [0.2, 0.25) is 5.91 Å². The Morgan fingerprint density at radius 2 is 1.50 bits per heavy atom. The number of amides is 2. The van der Waals surface area contributed by atoms with E-state index in [-0.39, 0.29) is 11.7 Å². The molecule has 2 amide bonds. The smallest absolute Gasteiger partial charge is 0.343 e. The second kappa shape index (κ2) is 10.7. The third-order valence-corrected chi connectivity index (χ3v) is 7.87. The number of benzene rings is 4. The number of hydrogen-bond acceptors (Lipinski definition) is 7. The van der Waals surface area contributed by atoms with Crippen LogP contribution in [0.25, 0.3) is 0 Å². The number of carbonyl (C=O) groups excluding carboxylic acids is 3. The van der Waals surface area contributed by atoms with Gasteiger partial charge in [-0.1, -0.05) is 54.6 Å². The first-order valence-corrected chi connectivity index (χ1v) is 13.6. The van der Waals surface area contributed by atoms with Crippen LogP contribution >= 0.6 is 22.6 Å². The molecule has 8 nitrogen and oxygen atoms in total. The summed E-state index contributed by atoms with van der Waals surface area (Å²) in [6, 6.07) is 29.7. The molecule has 9 heteroatoms.